The molecule has 0 spiro atoms. The number of nitrogens with one attached hydrogen (secondary N) is 1. The first-order valence-electron chi connectivity index (χ1n) is 5.63. The van der Waals surface area contributed by atoms with E-state index in [9.17, 15) is 22.0 Å². The van der Waals surface area contributed by atoms with Crippen LogP contribution in [0.15, 0.2) is 17.0 Å². The Morgan fingerprint density at radius 2 is 2.10 bits per heavy atom. The second-order valence-corrected chi connectivity index (χ2v) is 5.94. The van der Waals surface area contributed by atoms with Crippen molar-refractivity contribution in [1.82, 2.24) is 4.72 Å². The van der Waals surface area contributed by atoms with E-state index < -0.39 is 44.1 Å². The molecule has 0 aliphatic carbocycles. The third kappa shape index (κ3) is 2.94. The zero-order valence-electron chi connectivity index (χ0n) is 10.1. The van der Waals surface area contributed by atoms with Crippen molar-refractivity contribution in [2.24, 2.45) is 0 Å². The van der Waals surface area contributed by atoms with Gasteiger partial charge in [0.15, 0.2) is 11.6 Å². The molecule has 1 fully saturated rings. The van der Waals surface area contributed by atoms with Crippen LogP contribution in [0.5, 0.6) is 0 Å². The molecule has 1 aromatic carbocycles. The Balaban J connectivity index is 2.41. The van der Waals surface area contributed by atoms with E-state index in [1.165, 1.54) is 0 Å². The fourth-order valence-electron chi connectivity index (χ4n) is 1.79. The maximum absolute atomic E-state index is 13.6. The molecule has 20 heavy (non-hydrogen) atoms. The van der Waals surface area contributed by atoms with Crippen LogP contribution >= 0.6 is 0 Å². The van der Waals surface area contributed by atoms with Crippen LogP contribution in [0.3, 0.4) is 0 Å². The second kappa shape index (κ2) is 5.43. The minimum Gasteiger partial charge on any atom is -0.478 e. The van der Waals surface area contributed by atoms with Gasteiger partial charge in [-0.2, -0.15) is 0 Å². The van der Waals surface area contributed by atoms with Crippen LogP contribution in [-0.4, -0.2) is 38.7 Å². The van der Waals surface area contributed by atoms with Crippen LogP contribution < -0.4 is 4.72 Å². The zero-order chi connectivity index (χ0) is 14.9. The molecule has 1 aliphatic rings. The zero-order valence-corrected chi connectivity index (χ0v) is 10.9. The second-order valence-electron chi connectivity index (χ2n) is 4.26. The number of aromatic carboxylic acids is 1. The van der Waals surface area contributed by atoms with Crippen molar-refractivity contribution in [3.05, 3.63) is 29.3 Å². The summed E-state index contributed by atoms with van der Waals surface area (Å²) in [5, 5.41) is 8.75. The number of sulfonamides is 1. The summed E-state index contributed by atoms with van der Waals surface area (Å²) in [7, 11) is -4.36. The van der Waals surface area contributed by atoms with Crippen molar-refractivity contribution < 1.29 is 31.8 Å². The highest BCUT2D eigenvalue weighted by Crippen LogP contribution is 2.21. The molecule has 1 aromatic rings. The molecule has 9 heteroatoms. The average Bonchev–Trinajstić information content (AvgIpc) is 2.83. The first-order valence-corrected chi connectivity index (χ1v) is 7.12. The number of hydrogen-bond donors (Lipinski definition) is 2. The molecular weight excluding hydrogens is 296 g/mol. The van der Waals surface area contributed by atoms with Gasteiger partial charge in [0.2, 0.25) is 10.0 Å². The van der Waals surface area contributed by atoms with E-state index in [2.05, 4.69) is 4.72 Å². The maximum Gasteiger partial charge on any atom is 0.335 e. The number of carboxylic acids is 1. The Morgan fingerprint density at radius 1 is 1.40 bits per heavy atom. The fraction of sp³-hybridized carbons (Fsp3) is 0.364. The van der Waals surface area contributed by atoms with Gasteiger partial charge in [-0.15, -0.1) is 0 Å². The highest BCUT2D eigenvalue weighted by molar-refractivity contribution is 7.89. The highest BCUT2D eigenvalue weighted by Gasteiger charge is 2.28. The Hall–Kier alpha value is -1.58. The summed E-state index contributed by atoms with van der Waals surface area (Å²) < 4.78 is 57.9. The molecule has 0 amide bonds. The summed E-state index contributed by atoms with van der Waals surface area (Å²) in [6.45, 7) is 0.487. The molecule has 1 unspecified atom stereocenters. The van der Waals surface area contributed by atoms with Gasteiger partial charge < -0.3 is 9.84 Å². The predicted molar refractivity (Wildman–Crippen MR) is 62.9 cm³/mol. The van der Waals surface area contributed by atoms with Crippen LogP contribution in [0, 0.1) is 11.6 Å². The van der Waals surface area contributed by atoms with Gasteiger partial charge in [0.05, 0.1) is 12.2 Å². The molecule has 2 N–H and O–H groups in total. The van der Waals surface area contributed by atoms with Gasteiger partial charge in [-0.05, 0) is 18.6 Å². The first kappa shape index (κ1) is 14.8. The van der Waals surface area contributed by atoms with Crippen molar-refractivity contribution >= 4 is 16.0 Å². The lowest BCUT2D eigenvalue weighted by atomic mass is 10.2. The van der Waals surface area contributed by atoms with E-state index in [0.29, 0.717) is 25.2 Å². The molecule has 1 heterocycles. The summed E-state index contributed by atoms with van der Waals surface area (Å²) in [6, 6.07) is 0.463. The van der Waals surface area contributed by atoms with E-state index in [4.69, 9.17) is 9.84 Å². The van der Waals surface area contributed by atoms with Crippen LogP contribution in [0.1, 0.15) is 16.8 Å². The number of hydrogen-bond acceptors (Lipinski definition) is 4. The van der Waals surface area contributed by atoms with Gasteiger partial charge in [-0.25, -0.2) is 26.7 Å². The van der Waals surface area contributed by atoms with Gasteiger partial charge in [0.25, 0.3) is 0 Å². The Kier molecular flexibility index (Phi) is 4.02. The lowest BCUT2D eigenvalue weighted by molar-refractivity contribution is 0.0696. The normalized spacial score (nSPS) is 19.2. The number of benzene rings is 1. The van der Waals surface area contributed by atoms with Gasteiger partial charge in [0, 0.05) is 12.6 Å². The summed E-state index contributed by atoms with van der Waals surface area (Å²) in [4.78, 5) is 9.74. The molecular formula is C11H11F2NO5S. The number of carbonyl (C=O) groups is 1. The van der Waals surface area contributed by atoms with E-state index in [-0.39, 0.29) is 6.61 Å². The Labute approximate surface area is 113 Å². The molecule has 1 aliphatic heterocycles. The van der Waals surface area contributed by atoms with Gasteiger partial charge >= 0.3 is 5.97 Å². The third-order valence-electron chi connectivity index (χ3n) is 2.78. The molecule has 0 bridgehead atoms. The number of carboxylic acid groups (broad SMARTS) is 1. The first-order chi connectivity index (χ1) is 9.31. The third-order valence-corrected chi connectivity index (χ3v) is 4.30. The molecule has 0 aromatic heterocycles. The summed E-state index contributed by atoms with van der Waals surface area (Å²) in [6.07, 6.45) is 0.405. The maximum atomic E-state index is 13.6. The quantitative estimate of drug-likeness (QED) is 0.855. The minimum atomic E-state index is -4.36. The largest absolute Gasteiger partial charge is 0.478 e. The van der Waals surface area contributed by atoms with E-state index in [1.807, 2.05) is 0 Å². The summed E-state index contributed by atoms with van der Waals surface area (Å²) >= 11 is 0. The Bertz CT molecular complexity index is 640. The van der Waals surface area contributed by atoms with Crippen LogP contribution in [-0.2, 0) is 14.8 Å². The van der Waals surface area contributed by atoms with Gasteiger partial charge in [-0.1, -0.05) is 0 Å². The number of rotatable bonds is 4. The molecule has 1 saturated heterocycles. The van der Waals surface area contributed by atoms with Crippen molar-refractivity contribution in [3.8, 4) is 0 Å². The average molecular weight is 307 g/mol. The van der Waals surface area contributed by atoms with Crippen molar-refractivity contribution in [2.45, 2.75) is 17.4 Å². The van der Waals surface area contributed by atoms with Crippen molar-refractivity contribution in [3.63, 3.8) is 0 Å². The van der Waals surface area contributed by atoms with Gasteiger partial charge in [0.1, 0.15) is 4.90 Å². The van der Waals surface area contributed by atoms with E-state index in [1.54, 1.807) is 0 Å². The highest BCUT2D eigenvalue weighted by atomic mass is 32.2. The molecule has 110 valence electrons. The van der Waals surface area contributed by atoms with Crippen molar-refractivity contribution in [2.75, 3.05) is 13.2 Å². The predicted octanol–water partition coefficient (Wildman–Crippen LogP) is 0.730. The smallest absolute Gasteiger partial charge is 0.335 e. The topological polar surface area (TPSA) is 92.7 Å². The van der Waals surface area contributed by atoms with E-state index in [0.717, 1.165) is 0 Å². The minimum absolute atomic E-state index is 0.127. The lowest BCUT2D eigenvalue weighted by Crippen LogP contribution is -2.35. The monoisotopic (exact) mass is 307 g/mol. The van der Waals surface area contributed by atoms with Crippen LogP contribution in [0.25, 0.3) is 0 Å². The standard InChI is InChI=1S/C11H11F2NO5S/c12-8-3-6(11(15)16)4-9(10(8)13)20(17,18)14-7-1-2-19-5-7/h3-4,7,14H,1-2,5H2,(H,15,16). The number of ether oxygens (including phenoxy) is 1. The molecule has 0 radical (unpaired) electrons. The summed E-state index contributed by atoms with van der Waals surface area (Å²) in [5.41, 5.74) is -0.646. The van der Waals surface area contributed by atoms with Crippen LogP contribution in [0.4, 0.5) is 8.78 Å². The molecule has 2 rings (SSSR count). The lowest BCUT2D eigenvalue weighted by Gasteiger charge is -2.12. The van der Waals surface area contributed by atoms with Gasteiger partial charge in [-0.3, -0.25) is 0 Å². The van der Waals surface area contributed by atoms with Crippen LogP contribution in [0.2, 0.25) is 0 Å². The van der Waals surface area contributed by atoms with Crippen molar-refractivity contribution in [1.29, 1.82) is 0 Å². The summed E-state index contributed by atoms with van der Waals surface area (Å²) in [5.74, 6) is -4.70. The molecule has 0 saturated carbocycles. The van der Waals surface area contributed by atoms with E-state index >= 15 is 0 Å². The molecule has 6 nitrogen and oxygen atoms in total. The SMILES string of the molecule is O=C(O)c1cc(F)c(F)c(S(=O)(=O)NC2CCOC2)c1. The fourth-order valence-corrected chi connectivity index (χ4v) is 3.16. The molecule has 1 atom stereocenters. The number of halogens is 2. The Morgan fingerprint density at radius 3 is 2.65 bits per heavy atom.